The first-order valence-electron chi connectivity index (χ1n) is 10.3. The minimum Gasteiger partial charge on any atom is -0.486 e. The molecule has 0 spiro atoms. The number of nitrogens with zero attached hydrogens (tertiary/aromatic N) is 2. The highest BCUT2D eigenvalue weighted by Gasteiger charge is 2.39. The molecular formula is C25H21N3O4. The average Bonchev–Trinajstić information content (AvgIpc) is 3.04. The second-order valence-corrected chi connectivity index (χ2v) is 7.62. The summed E-state index contributed by atoms with van der Waals surface area (Å²) in [6.45, 7) is 3.03. The molecule has 2 amide bonds. The fourth-order valence-corrected chi connectivity index (χ4v) is 3.74. The zero-order chi connectivity index (χ0) is 22.1. The highest BCUT2D eigenvalue weighted by Crippen LogP contribution is 2.36. The van der Waals surface area contributed by atoms with Gasteiger partial charge in [0.15, 0.2) is 11.5 Å². The molecule has 160 valence electrons. The second-order valence-electron chi connectivity index (χ2n) is 7.62. The summed E-state index contributed by atoms with van der Waals surface area (Å²) in [6.07, 6.45) is 1.64. The molecule has 1 N–H and O–H groups in total. The Balaban J connectivity index is 1.52. The molecule has 0 atom stereocenters. The summed E-state index contributed by atoms with van der Waals surface area (Å²) in [5, 5.41) is 3.16. The van der Waals surface area contributed by atoms with Crippen LogP contribution in [0.5, 0.6) is 11.5 Å². The normalized spacial score (nSPS) is 15.3. The van der Waals surface area contributed by atoms with Gasteiger partial charge in [0.25, 0.3) is 11.8 Å². The quantitative estimate of drug-likeness (QED) is 0.628. The smallest absolute Gasteiger partial charge is 0.278 e. The number of carbonyl (C=O) groups excluding carboxylic acids is 2. The van der Waals surface area contributed by atoms with Gasteiger partial charge in [-0.05, 0) is 36.8 Å². The highest BCUT2D eigenvalue weighted by atomic mass is 16.6. The van der Waals surface area contributed by atoms with Crippen molar-refractivity contribution in [2.24, 2.45) is 0 Å². The van der Waals surface area contributed by atoms with Crippen molar-refractivity contribution in [3.63, 3.8) is 0 Å². The molecular weight excluding hydrogens is 406 g/mol. The zero-order valence-corrected chi connectivity index (χ0v) is 17.5. The summed E-state index contributed by atoms with van der Waals surface area (Å²) in [5.41, 5.74) is 3.58. The van der Waals surface area contributed by atoms with Crippen LogP contribution in [0.1, 0.15) is 16.8 Å². The van der Waals surface area contributed by atoms with E-state index in [-0.39, 0.29) is 18.1 Å². The van der Waals surface area contributed by atoms with Crippen molar-refractivity contribution in [1.29, 1.82) is 0 Å². The van der Waals surface area contributed by atoms with Gasteiger partial charge in [-0.1, -0.05) is 35.9 Å². The van der Waals surface area contributed by atoms with Crippen LogP contribution >= 0.6 is 0 Å². The van der Waals surface area contributed by atoms with Crippen molar-refractivity contribution in [1.82, 2.24) is 9.88 Å². The van der Waals surface area contributed by atoms with Crippen molar-refractivity contribution < 1.29 is 19.1 Å². The molecule has 7 heteroatoms. The molecule has 0 radical (unpaired) electrons. The standard InChI is InChI=1S/C25H21N3O4/c1-16-5-7-17(8-6-16)22-23(27-18-9-10-20-21(14-18)32-13-12-31-20)25(30)28(24(22)29)15-19-4-2-3-11-26-19/h2-11,14,27H,12-13,15H2,1H3. The van der Waals surface area contributed by atoms with E-state index in [2.05, 4.69) is 10.3 Å². The molecule has 2 aliphatic rings. The lowest BCUT2D eigenvalue weighted by Gasteiger charge is -2.19. The largest absolute Gasteiger partial charge is 0.486 e. The number of carbonyl (C=O) groups is 2. The minimum absolute atomic E-state index is 0.0974. The predicted octanol–water partition coefficient (Wildman–Crippen LogP) is 3.55. The molecule has 3 heterocycles. The van der Waals surface area contributed by atoms with Gasteiger partial charge in [-0.25, -0.2) is 0 Å². The van der Waals surface area contributed by atoms with Gasteiger partial charge >= 0.3 is 0 Å². The first-order valence-corrected chi connectivity index (χ1v) is 10.3. The number of rotatable bonds is 5. The number of nitrogens with one attached hydrogen (secondary N) is 1. The molecule has 0 saturated heterocycles. The summed E-state index contributed by atoms with van der Waals surface area (Å²) >= 11 is 0. The Morgan fingerprint density at radius 3 is 2.47 bits per heavy atom. The summed E-state index contributed by atoms with van der Waals surface area (Å²) in [5.74, 6) is 0.497. The molecule has 2 aromatic carbocycles. The summed E-state index contributed by atoms with van der Waals surface area (Å²) in [7, 11) is 0. The van der Waals surface area contributed by atoms with Gasteiger partial charge in [0.1, 0.15) is 18.9 Å². The van der Waals surface area contributed by atoms with Gasteiger partial charge in [-0.3, -0.25) is 19.5 Å². The van der Waals surface area contributed by atoms with Crippen LogP contribution in [0.25, 0.3) is 5.57 Å². The first-order chi connectivity index (χ1) is 15.6. The van der Waals surface area contributed by atoms with Crippen LogP contribution in [0.2, 0.25) is 0 Å². The number of hydrogen-bond acceptors (Lipinski definition) is 6. The third-order valence-electron chi connectivity index (χ3n) is 5.37. The Hall–Kier alpha value is -4.13. The number of amides is 2. The van der Waals surface area contributed by atoms with Gasteiger partial charge in [0.05, 0.1) is 17.8 Å². The van der Waals surface area contributed by atoms with Gasteiger partial charge in [-0.15, -0.1) is 0 Å². The topological polar surface area (TPSA) is 80.8 Å². The fraction of sp³-hybridized carbons (Fsp3) is 0.160. The third-order valence-corrected chi connectivity index (χ3v) is 5.37. The van der Waals surface area contributed by atoms with Crippen LogP contribution in [0.3, 0.4) is 0 Å². The number of ether oxygens (including phenoxy) is 2. The Bertz CT molecular complexity index is 1220. The number of imide groups is 1. The van der Waals surface area contributed by atoms with Gasteiger partial charge < -0.3 is 14.8 Å². The lowest BCUT2D eigenvalue weighted by Crippen LogP contribution is -2.32. The second kappa shape index (κ2) is 8.19. The van der Waals surface area contributed by atoms with E-state index in [0.717, 1.165) is 5.56 Å². The van der Waals surface area contributed by atoms with E-state index in [4.69, 9.17) is 9.47 Å². The van der Waals surface area contributed by atoms with E-state index in [1.54, 1.807) is 36.5 Å². The zero-order valence-electron chi connectivity index (χ0n) is 17.5. The molecule has 0 unspecified atom stereocenters. The maximum absolute atomic E-state index is 13.4. The van der Waals surface area contributed by atoms with Crippen LogP contribution in [0, 0.1) is 6.92 Å². The molecule has 2 aliphatic heterocycles. The van der Waals surface area contributed by atoms with Crippen molar-refractivity contribution in [3.05, 3.63) is 89.4 Å². The van der Waals surface area contributed by atoms with Crippen molar-refractivity contribution in [2.75, 3.05) is 18.5 Å². The Morgan fingerprint density at radius 2 is 1.72 bits per heavy atom. The maximum atomic E-state index is 13.4. The monoisotopic (exact) mass is 427 g/mol. The lowest BCUT2D eigenvalue weighted by molar-refractivity contribution is -0.137. The average molecular weight is 427 g/mol. The van der Waals surface area contributed by atoms with E-state index in [1.165, 1.54) is 4.90 Å². The minimum atomic E-state index is -0.397. The number of hydrogen-bond donors (Lipinski definition) is 1. The molecule has 0 saturated carbocycles. The number of benzene rings is 2. The van der Waals surface area contributed by atoms with Crippen LogP contribution in [0.4, 0.5) is 5.69 Å². The van der Waals surface area contributed by atoms with Crippen LogP contribution < -0.4 is 14.8 Å². The molecule has 7 nitrogen and oxygen atoms in total. The summed E-state index contributed by atoms with van der Waals surface area (Å²) < 4.78 is 11.2. The van der Waals surface area contributed by atoms with Gasteiger partial charge in [0.2, 0.25) is 0 Å². The number of fused-ring (bicyclic) bond motifs is 1. The molecule has 0 fully saturated rings. The molecule has 3 aromatic rings. The van der Waals surface area contributed by atoms with Gasteiger partial charge in [-0.2, -0.15) is 0 Å². The Kier molecular flexibility index (Phi) is 5.07. The maximum Gasteiger partial charge on any atom is 0.278 e. The number of aromatic nitrogens is 1. The van der Waals surface area contributed by atoms with Crippen LogP contribution in [-0.2, 0) is 16.1 Å². The molecule has 1 aromatic heterocycles. The van der Waals surface area contributed by atoms with Crippen molar-refractivity contribution in [3.8, 4) is 11.5 Å². The third kappa shape index (κ3) is 3.69. The highest BCUT2D eigenvalue weighted by molar-refractivity contribution is 6.36. The van der Waals surface area contributed by atoms with Crippen LogP contribution in [-0.4, -0.2) is 34.9 Å². The fourth-order valence-electron chi connectivity index (χ4n) is 3.74. The van der Waals surface area contributed by atoms with E-state index < -0.39 is 5.91 Å². The van der Waals surface area contributed by atoms with Crippen molar-refractivity contribution >= 4 is 23.1 Å². The summed E-state index contributed by atoms with van der Waals surface area (Å²) in [4.78, 5) is 32.2. The lowest BCUT2D eigenvalue weighted by atomic mass is 10.0. The molecule has 5 rings (SSSR count). The molecule has 0 bridgehead atoms. The molecule has 0 aliphatic carbocycles. The van der Waals surface area contributed by atoms with Crippen molar-refractivity contribution in [2.45, 2.75) is 13.5 Å². The number of pyridine rings is 1. The SMILES string of the molecule is Cc1ccc(C2=C(Nc3ccc4c(c3)OCCO4)C(=O)N(Cc3ccccn3)C2=O)cc1. The number of anilines is 1. The van der Waals surface area contributed by atoms with Gasteiger partial charge in [0, 0.05) is 18.0 Å². The summed E-state index contributed by atoms with van der Waals surface area (Å²) in [6, 6.07) is 18.3. The number of aryl methyl sites for hydroxylation is 1. The molecule has 32 heavy (non-hydrogen) atoms. The Labute approximate surface area is 185 Å². The first kappa shape index (κ1) is 19.8. The van der Waals surface area contributed by atoms with E-state index >= 15 is 0 Å². The van der Waals surface area contributed by atoms with E-state index in [9.17, 15) is 9.59 Å². The van der Waals surface area contributed by atoms with Crippen LogP contribution in [0.15, 0.2) is 72.6 Å². The van der Waals surface area contributed by atoms with E-state index in [1.807, 2.05) is 37.3 Å². The predicted molar refractivity (Wildman–Crippen MR) is 119 cm³/mol. The Morgan fingerprint density at radius 1 is 0.938 bits per heavy atom. The van der Waals surface area contributed by atoms with E-state index in [0.29, 0.717) is 47.2 Å².